The van der Waals surface area contributed by atoms with E-state index in [1.54, 1.807) is 7.11 Å². The van der Waals surface area contributed by atoms with Crippen molar-refractivity contribution in [3.05, 3.63) is 24.3 Å². The largest absolute Gasteiger partial charge is 0.495 e. The van der Waals surface area contributed by atoms with Gasteiger partial charge in [-0.15, -0.1) is 0 Å². The first-order chi connectivity index (χ1) is 12.1. The van der Waals surface area contributed by atoms with Crippen molar-refractivity contribution in [1.29, 1.82) is 0 Å². The van der Waals surface area contributed by atoms with Crippen LogP contribution in [0.15, 0.2) is 29.3 Å². The fourth-order valence-corrected chi connectivity index (χ4v) is 3.31. The lowest BCUT2D eigenvalue weighted by Gasteiger charge is -2.36. The Kier molecular flexibility index (Phi) is 5.68. The van der Waals surface area contributed by atoms with Crippen LogP contribution in [0.1, 0.15) is 20.3 Å². The predicted octanol–water partition coefficient (Wildman–Crippen LogP) is 1.87. The Balaban J connectivity index is 1.59. The SMILES string of the molecule is CCNC(=NCC1(C)COC1)NC1CCN(c2ccccc2OC)C1. The molecule has 25 heavy (non-hydrogen) atoms. The third-order valence-electron chi connectivity index (χ3n) is 4.82. The minimum absolute atomic E-state index is 0.196. The lowest BCUT2D eigenvalue weighted by molar-refractivity contribution is -0.0945. The number of hydrogen-bond donors (Lipinski definition) is 2. The maximum atomic E-state index is 5.50. The van der Waals surface area contributed by atoms with Gasteiger partial charge >= 0.3 is 0 Å². The number of nitrogens with zero attached hydrogens (tertiary/aromatic N) is 2. The monoisotopic (exact) mass is 346 g/mol. The quantitative estimate of drug-likeness (QED) is 0.608. The van der Waals surface area contributed by atoms with Crippen molar-refractivity contribution in [2.45, 2.75) is 26.3 Å². The molecule has 1 aromatic rings. The van der Waals surface area contributed by atoms with Gasteiger partial charge in [0.25, 0.3) is 0 Å². The molecule has 2 N–H and O–H groups in total. The molecule has 2 fully saturated rings. The first-order valence-electron chi connectivity index (χ1n) is 9.14. The molecule has 2 saturated heterocycles. The van der Waals surface area contributed by atoms with Gasteiger partial charge in [0.15, 0.2) is 5.96 Å². The highest BCUT2D eigenvalue weighted by molar-refractivity contribution is 5.80. The Hall–Kier alpha value is -1.95. The zero-order valence-electron chi connectivity index (χ0n) is 15.5. The fraction of sp³-hybridized carbons (Fsp3) is 0.632. The maximum absolute atomic E-state index is 5.50. The molecule has 0 amide bonds. The number of para-hydroxylation sites is 2. The van der Waals surface area contributed by atoms with E-state index in [-0.39, 0.29) is 5.41 Å². The first-order valence-corrected chi connectivity index (χ1v) is 9.14. The van der Waals surface area contributed by atoms with Gasteiger partial charge in [-0.2, -0.15) is 0 Å². The zero-order valence-corrected chi connectivity index (χ0v) is 15.5. The Morgan fingerprint density at radius 2 is 2.20 bits per heavy atom. The van der Waals surface area contributed by atoms with Crippen molar-refractivity contribution in [1.82, 2.24) is 10.6 Å². The summed E-state index contributed by atoms with van der Waals surface area (Å²) in [5.41, 5.74) is 1.36. The van der Waals surface area contributed by atoms with Crippen LogP contribution >= 0.6 is 0 Å². The van der Waals surface area contributed by atoms with Crippen molar-refractivity contribution in [3.8, 4) is 5.75 Å². The summed E-state index contributed by atoms with van der Waals surface area (Å²) in [6.45, 7) is 9.56. The van der Waals surface area contributed by atoms with Gasteiger partial charge in [-0.3, -0.25) is 4.99 Å². The highest BCUT2D eigenvalue weighted by Gasteiger charge is 2.33. The normalized spacial score (nSPS) is 22.4. The van der Waals surface area contributed by atoms with E-state index in [1.807, 2.05) is 12.1 Å². The third kappa shape index (κ3) is 4.37. The van der Waals surface area contributed by atoms with Crippen LogP contribution in [0, 0.1) is 5.41 Å². The van der Waals surface area contributed by atoms with Crippen LogP contribution in [0.3, 0.4) is 0 Å². The van der Waals surface area contributed by atoms with Crippen LogP contribution < -0.4 is 20.3 Å². The molecule has 0 radical (unpaired) electrons. The number of ether oxygens (including phenoxy) is 2. The van der Waals surface area contributed by atoms with Crippen molar-refractivity contribution in [2.75, 3.05) is 51.4 Å². The molecule has 0 spiro atoms. The highest BCUT2D eigenvalue weighted by atomic mass is 16.5. The standard InChI is InChI=1S/C19H30N4O2/c1-4-20-18(21-12-19(2)13-25-14-19)22-15-9-10-23(11-15)16-7-5-6-8-17(16)24-3/h5-8,15H,4,9-14H2,1-3H3,(H2,20,21,22). The summed E-state index contributed by atoms with van der Waals surface area (Å²) in [6, 6.07) is 8.59. The Morgan fingerprint density at radius 1 is 1.40 bits per heavy atom. The van der Waals surface area contributed by atoms with Gasteiger partial charge in [0.05, 0.1) is 32.6 Å². The predicted molar refractivity (Wildman–Crippen MR) is 102 cm³/mol. The molecule has 2 aliphatic rings. The highest BCUT2D eigenvalue weighted by Crippen LogP contribution is 2.30. The second kappa shape index (κ2) is 7.95. The summed E-state index contributed by atoms with van der Waals surface area (Å²) < 4.78 is 10.8. The molecule has 1 unspecified atom stereocenters. The Labute approximate surface area is 150 Å². The van der Waals surface area contributed by atoms with Crippen molar-refractivity contribution >= 4 is 11.6 Å². The summed E-state index contributed by atoms with van der Waals surface area (Å²) in [7, 11) is 1.73. The van der Waals surface area contributed by atoms with Crippen LogP contribution in [0.4, 0.5) is 5.69 Å². The molecular weight excluding hydrogens is 316 g/mol. The fourth-order valence-electron chi connectivity index (χ4n) is 3.31. The van der Waals surface area contributed by atoms with Crippen LogP contribution in [0.25, 0.3) is 0 Å². The third-order valence-corrected chi connectivity index (χ3v) is 4.82. The average Bonchev–Trinajstić information content (AvgIpc) is 3.06. The molecule has 1 aromatic carbocycles. The maximum Gasteiger partial charge on any atom is 0.191 e. The van der Waals surface area contributed by atoms with Gasteiger partial charge in [-0.1, -0.05) is 19.1 Å². The molecule has 0 saturated carbocycles. The van der Waals surface area contributed by atoms with Gasteiger partial charge in [0.1, 0.15) is 5.75 Å². The lowest BCUT2D eigenvalue weighted by Crippen LogP contribution is -2.47. The molecule has 138 valence electrons. The number of rotatable bonds is 6. The minimum Gasteiger partial charge on any atom is -0.495 e. The van der Waals surface area contributed by atoms with E-state index in [0.29, 0.717) is 6.04 Å². The number of guanidine groups is 1. The smallest absolute Gasteiger partial charge is 0.191 e. The van der Waals surface area contributed by atoms with Crippen LogP contribution in [-0.2, 0) is 4.74 Å². The number of methoxy groups -OCH3 is 1. The molecule has 0 aromatic heterocycles. The number of anilines is 1. The molecule has 0 bridgehead atoms. The second-order valence-corrected chi connectivity index (χ2v) is 7.25. The number of benzene rings is 1. The summed E-state index contributed by atoms with van der Waals surface area (Å²) in [6.07, 6.45) is 1.09. The van der Waals surface area contributed by atoms with E-state index < -0.39 is 0 Å². The zero-order chi connectivity index (χ0) is 17.7. The van der Waals surface area contributed by atoms with Gasteiger partial charge in [-0.05, 0) is 25.5 Å². The van der Waals surface area contributed by atoms with Gasteiger partial charge in [0.2, 0.25) is 0 Å². The number of nitrogens with one attached hydrogen (secondary N) is 2. The molecule has 6 heteroatoms. The molecule has 2 heterocycles. The molecule has 6 nitrogen and oxygen atoms in total. The van der Waals surface area contributed by atoms with Crippen LogP contribution in [-0.4, -0.2) is 58.5 Å². The summed E-state index contributed by atoms with van der Waals surface area (Å²) in [5.74, 6) is 1.84. The first kappa shape index (κ1) is 17.9. The molecular formula is C19H30N4O2. The molecule has 2 aliphatic heterocycles. The molecule has 0 aliphatic carbocycles. The second-order valence-electron chi connectivity index (χ2n) is 7.25. The Bertz CT molecular complexity index is 601. The van der Waals surface area contributed by atoms with E-state index in [4.69, 9.17) is 14.5 Å². The molecule has 3 rings (SSSR count). The Morgan fingerprint density at radius 3 is 2.88 bits per heavy atom. The van der Waals surface area contributed by atoms with Gasteiger partial charge in [0, 0.05) is 31.1 Å². The van der Waals surface area contributed by atoms with E-state index in [0.717, 1.165) is 63.2 Å². The number of hydrogen-bond acceptors (Lipinski definition) is 4. The van der Waals surface area contributed by atoms with E-state index in [2.05, 4.69) is 41.5 Å². The van der Waals surface area contributed by atoms with Gasteiger partial charge in [-0.25, -0.2) is 0 Å². The van der Waals surface area contributed by atoms with Crippen LogP contribution in [0.5, 0.6) is 5.75 Å². The summed E-state index contributed by atoms with van der Waals surface area (Å²) >= 11 is 0. The number of aliphatic imine (C=N–C) groups is 1. The van der Waals surface area contributed by atoms with Gasteiger partial charge < -0.3 is 25.0 Å². The van der Waals surface area contributed by atoms with E-state index in [9.17, 15) is 0 Å². The van der Waals surface area contributed by atoms with E-state index in [1.165, 1.54) is 0 Å². The lowest BCUT2D eigenvalue weighted by atomic mass is 9.89. The molecule has 1 atom stereocenters. The van der Waals surface area contributed by atoms with Crippen LogP contribution in [0.2, 0.25) is 0 Å². The topological polar surface area (TPSA) is 58.1 Å². The van der Waals surface area contributed by atoms with Crippen molar-refractivity contribution in [2.24, 2.45) is 10.4 Å². The van der Waals surface area contributed by atoms with E-state index >= 15 is 0 Å². The van der Waals surface area contributed by atoms with Crippen molar-refractivity contribution < 1.29 is 9.47 Å². The summed E-state index contributed by atoms with van der Waals surface area (Å²) in [5, 5.41) is 6.95. The minimum atomic E-state index is 0.196. The summed E-state index contributed by atoms with van der Waals surface area (Å²) in [4.78, 5) is 7.15. The van der Waals surface area contributed by atoms with Crippen molar-refractivity contribution in [3.63, 3.8) is 0 Å². The average molecular weight is 346 g/mol.